The van der Waals surface area contributed by atoms with Gasteiger partial charge in [-0.25, -0.2) is 0 Å². The molecule has 0 bridgehead atoms. The Kier molecular flexibility index (Phi) is 9.26. The summed E-state index contributed by atoms with van der Waals surface area (Å²) in [7, 11) is 0. The van der Waals surface area contributed by atoms with Crippen LogP contribution in [0.3, 0.4) is 0 Å². The molecule has 0 spiro atoms. The molecule has 1 N–H and O–H groups in total. The molecule has 1 aliphatic carbocycles. The van der Waals surface area contributed by atoms with Crippen LogP contribution < -0.4 is 10.1 Å². The van der Waals surface area contributed by atoms with Gasteiger partial charge in [0.25, 0.3) is 5.91 Å². The number of ether oxygens (including phenoxy) is 1. The van der Waals surface area contributed by atoms with Crippen molar-refractivity contribution in [3.8, 4) is 5.75 Å². The summed E-state index contributed by atoms with van der Waals surface area (Å²) < 4.78 is 6.49. The molecule has 0 aliphatic heterocycles. The highest BCUT2D eigenvalue weighted by Gasteiger charge is 2.28. The van der Waals surface area contributed by atoms with Crippen LogP contribution >= 0.6 is 39.1 Å². The van der Waals surface area contributed by atoms with Crippen LogP contribution in [0.15, 0.2) is 46.9 Å². The van der Waals surface area contributed by atoms with Gasteiger partial charge in [0.2, 0.25) is 5.91 Å². The van der Waals surface area contributed by atoms with E-state index in [4.69, 9.17) is 27.9 Å². The zero-order valence-electron chi connectivity index (χ0n) is 18.0. The van der Waals surface area contributed by atoms with E-state index in [1.165, 1.54) is 11.3 Å². The lowest BCUT2D eigenvalue weighted by molar-refractivity contribution is -0.142. The highest BCUT2D eigenvalue weighted by Crippen LogP contribution is 2.28. The number of nitrogens with one attached hydrogen (secondary N) is 1. The van der Waals surface area contributed by atoms with Gasteiger partial charge in [-0.05, 0) is 55.7 Å². The van der Waals surface area contributed by atoms with E-state index in [-0.39, 0.29) is 31.0 Å². The Bertz CT molecular complexity index is 933. The molecule has 1 unspecified atom stereocenters. The van der Waals surface area contributed by atoms with Crippen molar-refractivity contribution in [3.63, 3.8) is 0 Å². The van der Waals surface area contributed by atoms with Gasteiger partial charge < -0.3 is 15.0 Å². The van der Waals surface area contributed by atoms with E-state index in [9.17, 15) is 9.59 Å². The maximum Gasteiger partial charge on any atom is 0.261 e. The van der Waals surface area contributed by atoms with Gasteiger partial charge in [0.1, 0.15) is 11.8 Å². The van der Waals surface area contributed by atoms with Crippen LogP contribution in [-0.2, 0) is 16.1 Å². The molecule has 172 valence electrons. The van der Waals surface area contributed by atoms with Gasteiger partial charge in [-0.3, -0.25) is 9.59 Å². The lowest BCUT2D eigenvalue weighted by Gasteiger charge is -2.31. The van der Waals surface area contributed by atoms with Crippen molar-refractivity contribution in [2.45, 2.75) is 57.7 Å². The largest absolute Gasteiger partial charge is 0.482 e. The first-order valence-corrected chi connectivity index (χ1v) is 12.3. The molecular weight excluding hydrogens is 515 g/mol. The van der Waals surface area contributed by atoms with Crippen molar-refractivity contribution in [3.05, 3.63) is 62.5 Å². The maximum absolute atomic E-state index is 13.1. The summed E-state index contributed by atoms with van der Waals surface area (Å²) in [5, 5.41) is 4.13. The molecule has 1 saturated carbocycles. The van der Waals surface area contributed by atoms with E-state index in [0.29, 0.717) is 15.8 Å². The Labute approximate surface area is 207 Å². The molecule has 2 aromatic carbocycles. The fourth-order valence-corrected chi connectivity index (χ4v) is 4.61. The average Bonchev–Trinajstić information content (AvgIpc) is 2.78. The highest BCUT2D eigenvalue weighted by molar-refractivity contribution is 9.10. The van der Waals surface area contributed by atoms with Crippen molar-refractivity contribution in [2.24, 2.45) is 0 Å². The number of carbonyl (C=O) groups is 2. The summed E-state index contributed by atoms with van der Waals surface area (Å²) in [6.45, 7) is 1.79. The molecule has 2 aromatic rings. The van der Waals surface area contributed by atoms with Gasteiger partial charge in [-0.2, -0.15) is 0 Å². The maximum atomic E-state index is 13.1. The number of halogens is 3. The fraction of sp³-hybridized carbons (Fsp3) is 0.417. The molecule has 0 saturated heterocycles. The molecule has 5 nitrogen and oxygen atoms in total. The summed E-state index contributed by atoms with van der Waals surface area (Å²) in [5.41, 5.74) is 0.877. The first kappa shape index (κ1) is 24.9. The third kappa shape index (κ3) is 7.12. The van der Waals surface area contributed by atoms with Crippen molar-refractivity contribution in [1.82, 2.24) is 10.2 Å². The number of nitrogens with zero attached hydrogens (tertiary/aromatic N) is 1. The Balaban J connectivity index is 1.71. The van der Waals surface area contributed by atoms with Gasteiger partial charge >= 0.3 is 0 Å². The molecule has 2 amide bonds. The van der Waals surface area contributed by atoms with Crippen LogP contribution in [0.2, 0.25) is 10.0 Å². The van der Waals surface area contributed by atoms with Crippen molar-refractivity contribution < 1.29 is 14.3 Å². The standard InChI is InChI=1S/C24H27BrCl2N2O3/c1-16(24(31)28-20-5-3-2-4-6-20)29(14-17-7-10-19(26)11-8-17)23(30)15-32-22-12-9-18(25)13-21(22)27/h7-13,16,20H,2-6,14-15H2,1H3,(H,28,31). The van der Waals surface area contributed by atoms with Crippen LogP contribution in [0, 0.1) is 0 Å². The number of rotatable bonds is 8. The van der Waals surface area contributed by atoms with Crippen molar-refractivity contribution in [1.29, 1.82) is 0 Å². The Morgan fingerprint density at radius 1 is 1.12 bits per heavy atom. The quantitative estimate of drug-likeness (QED) is 0.445. The van der Waals surface area contributed by atoms with Crippen molar-refractivity contribution >= 4 is 50.9 Å². The van der Waals surface area contributed by atoms with E-state index >= 15 is 0 Å². The lowest BCUT2D eigenvalue weighted by Crippen LogP contribution is -2.51. The summed E-state index contributed by atoms with van der Waals surface area (Å²) in [6, 6.07) is 11.9. The average molecular weight is 542 g/mol. The predicted molar refractivity (Wildman–Crippen MR) is 131 cm³/mol. The number of carbonyl (C=O) groups excluding carboxylic acids is 2. The molecule has 3 rings (SSSR count). The monoisotopic (exact) mass is 540 g/mol. The normalized spacial score (nSPS) is 15.1. The summed E-state index contributed by atoms with van der Waals surface area (Å²) in [5.74, 6) is -0.0416. The SMILES string of the molecule is CC(C(=O)NC1CCCCC1)N(Cc1ccc(Cl)cc1)C(=O)COc1ccc(Br)cc1Cl. The Morgan fingerprint density at radius 2 is 1.81 bits per heavy atom. The third-order valence-electron chi connectivity index (χ3n) is 5.63. The predicted octanol–water partition coefficient (Wildman–Crippen LogP) is 6.00. The second-order valence-corrected chi connectivity index (χ2v) is 9.79. The van der Waals surface area contributed by atoms with Gasteiger partial charge in [0.15, 0.2) is 6.61 Å². The Hall–Kier alpha value is -1.76. The number of hydrogen-bond donors (Lipinski definition) is 1. The minimum Gasteiger partial charge on any atom is -0.482 e. The molecule has 0 radical (unpaired) electrons. The number of amides is 2. The molecule has 1 aliphatic rings. The van der Waals surface area contributed by atoms with Gasteiger partial charge in [0, 0.05) is 22.1 Å². The highest BCUT2D eigenvalue weighted by atomic mass is 79.9. The van der Waals surface area contributed by atoms with Gasteiger partial charge in [-0.1, -0.05) is 70.5 Å². The van der Waals surface area contributed by atoms with Crippen LogP contribution in [0.5, 0.6) is 5.75 Å². The summed E-state index contributed by atoms with van der Waals surface area (Å²) in [6.07, 6.45) is 5.41. The van der Waals surface area contributed by atoms with Crippen LogP contribution in [-0.4, -0.2) is 35.4 Å². The van der Waals surface area contributed by atoms with E-state index in [1.54, 1.807) is 37.3 Å². The zero-order valence-corrected chi connectivity index (χ0v) is 21.0. The Morgan fingerprint density at radius 3 is 2.47 bits per heavy atom. The first-order chi connectivity index (χ1) is 15.3. The third-order valence-corrected chi connectivity index (χ3v) is 6.67. The van der Waals surface area contributed by atoms with Crippen molar-refractivity contribution in [2.75, 3.05) is 6.61 Å². The topological polar surface area (TPSA) is 58.6 Å². The molecule has 0 heterocycles. The smallest absolute Gasteiger partial charge is 0.261 e. The van der Waals surface area contributed by atoms with E-state index in [1.807, 2.05) is 12.1 Å². The molecular formula is C24H27BrCl2N2O3. The van der Waals surface area contributed by atoms with Crippen LogP contribution in [0.25, 0.3) is 0 Å². The molecule has 32 heavy (non-hydrogen) atoms. The zero-order chi connectivity index (χ0) is 23.1. The van der Waals surface area contributed by atoms with Gasteiger partial charge in [0.05, 0.1) is 5.02 Å². The molecule has 1 fully saturated rings. The lowest BCUT2D eigenvalue weighted by atomic mass is 9.95. The molecule has 8 heteroatoms. The second-order valence-electron chi connectivity index (χ2n) is 8.03. The van der Waals surface area contributed by atoms with Crippen LogP contribution in [0.4, 0.5) is 0 Å². The fourth-order valence-electron chi connectivity index (χ4n) is 3.75. The van der Waals surface area contributed by atoms with Crippen LogP contribution in [0.1, 0.15) is 44.6 Å². The second kappa shape index (κ2) is 11.9. The minimum absolute atomic E-state index is 0.152. The summed E-state index contributed by atoms with van der Waals surface area (Å²) in [4.78, 5) is 27.7. The molecule has 1 atom stereocenters. The first-order valence-electron chi connectivity index (χ1n) is 10.8. The summed E-state index contributed by atoms with van der Waals surface area (Å²) >= 11 is 15.5. The van der Waals surface area contributed by atoms with E-state index in [2.05, 4.69) is 21.2 Å². The minimum atomic E-state index is -0.649. The molecule has 0 aromatic heterocycles. The number of benzene rings is 2. The van der Waals surface area contributed by atoms with Gasteiger partial charge in [-0.15, -0.1) is 0 Å². The van der Waals surface area contributed by atoms with E-state index < -0.39 is 6.04 Å². The van der Waals surface area contributed by atoms with E-state index in [0.717, 1.165) is 35.7 Å². The number of hydrogen-bond acceptors (Lipinski definition) is 3.